The maximum Gasteiger partial charge on any atom is 0.339 e. The zero-order valence-corrected chi connectivity index (χ0v) is 16.9. The lowest BCUT2D eigenvalue weighted by Gasteiger charge is -2.19. The normalized spacial score (nSPS) is 10.1. The van der Waals surface area contributed by atoms with E-state index in [4.69, 9.17) is 4.74 Å². The number of rotatable bonds is 5. The topological polar surface area (TPSA) is 66.8 Å². The molecule has 0 aromatic heterocycles. The van der Waals surface area contributed by atoms with Gasteiger partial charge in [0.15, 0.2) is 5.75 Å². The summed E-state index contributed by atoms with van der Waals surface area (Å²) in [5.74, 6) is -0.574. The molecule has 0 aliphatic carbocycles. The van der Waals surface area contributed by atoms with E-state index in [1.807, 2.05) is 66.7 Å². The summed E-state index contributed by atoms with van der Waals surface area (Å²) >= 11 is 0. The summed E-state index contributed by atoms with van der Waals surface area (Å²) in [6.07, 6.45) is 0. The molecule has 0 amide bonds. The summed E-state index contributed by atoms with van der Waals surface area (Å²) in [5, 5.41) is 21.1. The van der Waals surface area contributed by atoms with Gasteiger partial charge in [-0.2, -0.15) is 13.5 Å². The molecule has 2 N–H and O–H groups in total. The highest BCUT2D eigenvalue weighted by molar-refractivity contribution is 7.59. The van der Waals surface area contributed by atoms with Crippen LogP contribution in [0, 0.1) is 0 Å². The Bertz CT molecular complexity index is 1140. The Morgan fingerprint density at radius 2 is 1.23 bits per heavy atom. The molecule has 150 valence electrons. The van der Waals surface area contributed by atoms with E-state index in [-0.39, 0.29) is 30.6 Å². The van der Waals surface area contributed by atoms with Gasteiger partial charge in [-0.15, -0.1) is 0 Å². The van der Waals surface area contributed by atoms with Crippen LogP contribution in [0.4, 0.5) is 0 Å². The molecule has 4 rings (SSSR count). The molecule has 0 saturated carbocycles. The van der Waals surface area contributed by atoms with E-state index in [1.165, 1.54) is 6.07 Å². The Balaban J connectivity index is 0.00000256. The number of carbonyl (C=O) groups is 1. The third-order valence-corrected chi connectivity index (χ3v) is 4.59. The van der Waals surface area contributed by atoms with Crippen LogP contribution in [-0.2, 0) is 0 Å². The largest absolute Gasteiger partial charge is 0.507 e. The number of carboxylic acid groups (broad SMARTS) is 1. The minimum atomic E-state index is -1.13. The van der Waals surface area contributed by atoms with Crippen molar-refractivity contribution in [1.82, 2.24) is 0 Å². The van der Waals surface area contributed by atoms with Crippen LogP contribution in [0.3, 0.4) is 0 Å². The van der Waals surface area contributed by atoms with Gasteiger partial charge < -0.3 is 14.9 Å². The minimum Gasteiger partial charge on any atom is -0.507 e. The molecule has 5 heteroatoms. The highest BCUT2D eigenvalue weighted by Crippen LogP contribution is 2.47. The number of ether oxygens (including phenoxy) is 1. The molecule has 30 heavy (non-hydrogen) atoms. The van der Waals surface area contributed by atoms with Crippen molar-refractivity contribution in [1.29, 1.82) is 0 Å². The van der Waals surface area contributed by atoms with Gasteiger partial charge in [0.25, 0.3) is 0 Å². The number of para-hydroxylation sites is 1. The molecule has 0 fully saturated rings. The Labute approximate surface area is 181 Å². The van der Waals surface area contributed by atoms with Crippen LogP contribution >= 0.6 is 13.5 Å². The Hall–Kier alpha value is -3.70. The van der Waals surface area contributed by atoms with Crippen LogP contribution in [0.5, 0.6) is 17.2 Å². The third-order valence-electron chi connectivity index (χ3n) is 4.59. The number of hydrogen-bond acceptors (Lipinski definition) is 3. The van der Waals surface area contributed by atoms with Crippen molar-refractivity contribution >= 4 is 19.5 Å². The number of hydrogen-bond donors (Lipinski definition) is 2. The molecule has 4 aromatic carbocycles. The average Bonchev–Trinajstić information content (AvgIpc) is 2.76. The van der Waals surface area contributed by atoms with E-state index in [2.05, 4.69) is 0 Å². The van der Waals surface area contributed by atoms with Crippen LogP contribution in [0.2, 0.25) is 0 Å². The van der Waals surface area contributed by atoms with Crippen molar-refractivity contribution in [3.05, 3.63) is 103 Å². The molecule has 0 bridgehead atoms. The van der Waals surface area contributed by atoms with E-state index in [0.29, 0.717) is 22.4 Å². The van der Waals surface area contributed by atoms with E-state index in [0.717, 1.165) is 5.56 Å². The Kier molecular flexibility index (Phi) is 6.45. The van der Waals surface area contributed by atoms with Crippen molar-refractivity contribution in [2.45, 2.75) is 0 Å². The second kappa shape index (κ2) is 9.20. The first-order chi connectivity index (χ1) is 14.1. The maximum absolute atomic E-state index is 12.1. The monoisotopic (exact) mass is 416 g/mol. The van der Waals surface area contributed by atoms with Gasteiger partial charge in [0.05, 0.1) is 5.56 Å². The zero-order chi connectivity index (χ0) is 20.2. The van der Waals surface area contributed by atoms with Crippen molar-refractivity contribution in [2.24, 2.45) is 0 Å². The molecule has 0 spiro atoms. The van der Waals surface area contributed by atoms with Gasteiger partial charge >= 0.3 is 5.97 Å². The minimum absolute atomic E-state index is 0. The molecule has 0 atom stereocenters. The second-order valence-corrected chi connectivity index (χ2v) is 6.48. The highest BCUT2D eigenvalue weighted by Gasteiger charge is 2.25. The maximum atomic E-state index is 12.1. The molecule has 4 aromatic rings. The zero-order valence-electron chi connectivity index (χ0n) is 15.9. The molecule has 4 nitrogen and oxygen atoms in total. The lowest BCUT2D eigenvalue weighted by molar-refractivity contribution is 0.0694. The molecular weight excluding hydrogens is 396 g/mol. The SMILES string of the molecule is O=C(O)c1cc(-c2ccccc2)c(O)c(-c2ccccc2)c1Oc1ccccc1.S. The molecule has 0 radical (unpaired) electrons. The summed E-state index contributed by atoms with van der Waals surface area (Å²) in [5.41, 5.74) is 2.13. The first-order valence-corrected chi connectivity index (χ1v) is 9.12. The average molecular weight is 416 g/mol. The summed E-state index contributed by atoms with van der Waals surface area (Å²) < 4.78 is 5.99. The van der Waals surface area contributed by atoms with Gasteiger partial charge in [-0.1, -0.05) is 78.9 Å². The molecule has 0 heterocycles. The van der Waals surface area contributed by atoms with Crippen LogP contribution < -0.4 is 4.74 Å². The number of aromatic hydroxyl groups is 1. The smallest absolute Gasteiger partial charge is 0.339 e. The fourth-order valence-electron chi connectivity index (χ4n) is 3.24. The van der Waals surface area contributed by atoms with Gasteiger partial charge in [-0.05, 0) is 29.3 Å². The fourth-order valence-corrected chi connectivity index (χ4v) is 3.24. The first-order valence-electron chi connectivity index (χ1n) is 9.12. The van der Waals surface area contributed by atoms with Gasteiger partial charge in [-0.25, -0.2) is 4.79 Å². The quantitative estimate of drug-likeness (QED) is 0.399. The highest BCUT2D eigenvalue weighted by atomic mass is 32.1. The molecule has 0 unspecified atom stereocenters. The number of phenolic OH excluding ortho intramolecular Hbond substituents is 1. The first kappa shape index (κ1) is 21.0. The lowest BCUT2D eigenvalue weighted by atomic mass is 9.93. The number of benzene rings is 4. The third kappa shape index (κ3) is 4.16. The Morgan fingerprint density at radius 1 is 0.733 bits per heavy atom. The number of phenols is 1. The standard InChI is InChI=1S/C25H18O4.H2S/c26-23-20(17-10-4-1-5-11-17)16-21(25(27)28)24(29-19-14-8-3-9-15-19)22(23)18-12-6-2-7-13-18;/h1-16,26H,(H,27,28);1H2. The van der Waals surface area contributed by atoms with Crippen LogP contribution in [0.25, 0.3) is 22.3 Å². The van der Waals surface area contributed by atoms with Crippen molar-refractivity contribution < 1.29 is 19.7 Å². The molecular formula is C25H20O4S. The predicted octanol–water partition coefficient (Wildman–Crippen LogP) is 6.33. The van der Waals surface area contributed by atoms with Crippen LogP contribution in [-0.4, -0.2) is 16.2 Å². The summed E-state index contributed by atoms with van der Waals surface area (Å²) in [6.45, 7) is 0. The van der Waals surface area contributed by atoms with E-state index in [9.17, 15) is 15.0 Å². The van der Waals surface area contributed by atoms with Crippen LogP contribution in [0.1, 0.15) is 10.4 Å². The van der Waals surface area contributed by atoms with Crippen molar-refractivity contribution in [2.75, 3.05) is 0 Å². The van der Waals surface area contributed by atoms with E-state index < -0.39 is 5.97 Å². The fraction of sp³-hybridized carbons (Fsp3) is 0. The van der Waals surface area contributed by atoms with Gasteiger partial charge in [0.2, 0.25) is 0 Å². The van der Waals surface area contributed by atoms with Crippen molar-refractivity contribution in [3.8, 4) is 39.5 Å². The van der Waals surface area contributed by atoms with E-state index in [1.54, 1.807) is 24.3 Å². The van der Waals surface area contributed by atoms with Crippen molar-refractivity contribution in [3.63, 3.8) is 0 Å². The summed E-state index contributed by atoms with van der Waals surface area (Å²) in [7, 11) is 0. The summed E-state index contributed by atoms with van der Waals surface area (Å²) in [6, 6.07) is 28.7. The predicted molar refractivity (Wildman–Crippen MR) is 123 cm³/mol. The second-order valence-electron chi connectivity index (χ2n) is 6.48. The van der Waals surface area contributed by atoms with Crippen LogP contribution in [0.15, 0.2) is 97.1 Å². The van der Waals surface area contributed by atoms with Gasteiger partial charge in [0.1, 0.15) is 17.1 Å². The van der Waals surface area contributed by atoms with E-state index >= 15 is 0 Å². The molecule has 0 aliphatic heterocycles. The lowest BCUT2D eigenvalue weighted by Crippen LogP contribution is -2.03. The van der Waals surface area contributed by atoms with Gasteiger partial charge in [0, 0.05) is 5.56 Å². The Morgan fingerprint density at radius 3 is 1.77 bits per heavy atom. The van der Waals surface area contributed by atoms with Gasteiger partial charge in [-0.3, -0.25) is 0 Å². The summed E-state index contributed by atoms with van der Waals surface area (Å²) in [4.78, 5) is 12.1. The molecule has 0 aliphatic rings. The number of carboxylic acids is 1. The molecule has 0 saturated heterocycles. The number of aromatic carboxylic acids is 1.